The van der Waals surface area contributed by atoms with E-state index in [9.17, 15) is 0 Å². The van der Waals surface area contributed by atoms with Gasteiger partial charge in [0.15, 0.2) is 0 Å². The molecular formula is C86H178O6. The normalized spacial score (nSPS) is 21.9. The molecule has 3 unspecified atom stereocenters. The number of hydrogen-bond acceptors (Lipinski definition) is 6. The number of rotatable bonds is 8. The molecule has 0 spiro atoms. The average Bonchev–Trinajstić information content (AvgIpc) is 1.62. The van der Waals surface area contributed by atoms with Crippen LogP contribution in [0.1, 0.15) is 363 Å². The summed E-state index contributed by atoms with van der Waals surface area (Å²) in [5.41, 5.74) is 5.39. The molecule has 2 aliphatic heterocycles. The van der Waals surface area contributed by atoms with Gasteiger partial charge in [0.05, 0.1) is 19.8 Å². The van der Waals surface area contributed by atoms with Crippen LogP contribution in [0.15, 0.2) is 0 Å². The van der Waals surface area contributed by atoms with Crippen LogP contribution in [0.25, 0.3) is 0 Å². The van der Waals surface area contributed by atoms with Gasteiger partial charge < -0.3 is 28.4 Å². The van der Waals surface area contributed by atoms with Crippen LogP contribution in [0.4, 0.5) is 0 Å². The second-order valence-electron chi connectivity index (χ2n) is 41.4. The van der Waals surface area contributed by atoms with Crippen molar-refractivity contribution in [2.24, 2.45) is 113 Å². The van der Waals surface area contributed by atoms with Crippen molar-refractivity contribution in [1.82, 2.24) is 0 Å². The molecule has 0 aromatic heterocycles. The second-order valence-corrected chi connectivity index (χ2v) is 41.4. The van der Waals surface area contributed by atoms with E-state index in [1.54, 1.807) is 28.4 Å². The number of hydrogen-bond donors (Lipinski definition) is 0. The summed E-state index contributed by atoms with van der Waals surface area (Å²) in [4.78, 5) is 0. The predicted molar refractivity (Wildman–Crippen MR) is 412 cm³/mol. The van der Waals surface area contributed by atoms with E-state index in [-0.39, 0.29) is 5.41 Å². The van der Waals surface area contributed by atoms with Crippen molar-refractivity contribution >= 4 is 0 Å². The van der Waals surface area contributed by atoms with Gasteiger partial charge in [-0.25, -0.2) is 0 Å². The Hall–Kier alpha value is -0.240. The highest BCUT2D eigenvalue weighted by molar-refractivity contribution is 5.01. The number of methoxy groups -OCH3 is 4. The smallest absolute Gasteiger partial charge is 0.0523 e. The minimum atomic E-state index is 0.270. The first kappa shape index (κ1) is 95.9. The standard InChI is InChI=1S/2C10H20.C9H20O2.3C9H18O.C9H18.C7H16O.C7H14.C7H16/c1-8-6-5-7-9(8)10(2,3)4;1-10(2,3)9-7-5-4-6-8-9;1-9(2,3)8(6-10-4)7-11-5;1-8(2,3)9(5-6-9)7-10-4;1-9(2,3)8-4-6-10-7-5-8;1-9(2,3)8-5-4-6-10-7-8;1-9(2,3)8-6-4-5-7-8;1-7(2,3)5-6-8-4;1-7(2,3)6-4-5-6;1-6(2)7(3,4)5/h8-9H,5-7H2,1-4H3;9H,4-8H2,1-3H3;8H,6-7H2,1-5H3;5-7H2,1-4H3;2*8H,4-7H2,1-3H3;8H,4-7H2,1-3H3;5-6H2,1-4H3;6H,4-5H2,1-3H3;6H,1-5H3. The van der Waals surface area contributed by atoms with E-state index in [4.69, 9.17) is 28.4 Å². The molecule has 7 rings (SSSR count). The molecule has 5 saturated carbocycles. The van der Waals surface area contributed by atoms with Gasteiger partial charge in [-0.2, -0.15) is 0 Å². The monoisotopic (exact) mass is 1310 g/mol. The van der Waals surface area contributed by atoms with Crippen LogP contribution in [0.5, 0.6) is 0 Å². The first-order chi connectivity index (χ1) is 41.6. The Labute approximate surface area is 582 Å². The molecule has 2 saturated heterocycles. The van der Waals surface area contributed by atoms with Crippen LogP contribution in [0.2, 0.25) is 0 Å². The summed E-state index contributed by atoms with van der Waals surface area (Å²) in [5, 5.41) is 0. The zero-order valence-electron chi connectivity index (χ0n) is 70.7. The van der Waals surface area contributed by atoms with Crippen molar-refractivity contribution in [3.63, 3.8) is 0 Å². The lowest BCUT2D eigenvalue weighted by Gasteiger charge is -2.33. The summed E-state index contributed by atoms with van der Waals surface area (Å²) < 4.78 is 31.0. The summed E-state index contributed by atoms with van der Waals surface area (Å²) >= 11 is 0. The minimum absolute atomic E-state index is 0.270. The van der Waals surface area contributed by atoms with Crippen LogP contribution < -0.4 is 0 Å². The average molecular weight is 1310 g/mol. The van der Waals surface area contributed by atoms with Crippen LogP contribution in [-0.4, -0.2) is 81.3 Å². The summed E-state index contributed by atoms with van der Waals surface area (Å²) in [7, 11) is 7.00. The van der Waals surface area contributed by atoms with Crippen LogP contribution in [0.3, 0.4) is 0 Å². The van der Waals surface area contributed by atoms with Gasteiger partial charge in [0.2, 0.25) is 0 Å². The van der Waals surface area contributed by atoms with Crippen LogP contribution in [0, 0.1) is 113 Å². The molecule has 7 fully saturated rings. The maximum Gasteiger partial charge on any atom is 0.0523 e. The lowest BCUT2D eigenvalue weighted by atomic mass is 9.72. The molecule has 6 nitrogen and oxygen atoms in total. The Morgan fingerprint density at radius 2 is 0.739 bits per heavy atom. The third-order valence-corrected chi connectivity index (χ3v) is 22.6. The molecule has 5 aliphatic carbocycles. The maximum absolute atomic E-state index is 5.41. The molecular weight excluding hydrogens is 1130 g/mol. The first-order valence-corrected chi connectivity index (χ1v) is 38.7. The van der Waals surface area contributed by atoms with Crippen molar-refractivity contribution in [2.45, 2.75) is 363 Å². The van der Waals surface area contributed by atoms with Gasteiger partial charge in [0.25, 0.3) is 0 Å². The zero-order chi connectivity index (χ0) is 72.4. The molecule has 558 valence electrons. The van der Waals surface area contributed by atoms with Crippen molar-refractivity contribution in [2.75, 3.05) is 81.3 Å². The Morgan fingerprint density at radius 1 is 0.370 bits per heavy atom. The van der Waals surface area contributed by atoms with E-state index in [0.29, 0.717) is 60.1 Å². The molecule has 3 atom stereocenters. The highest BCUT2D eigenvalue weighted by Crippen LogP contribution is 2.58. The molecule has 0 amide bonds. The van der Waals surface area contributed by atoms with E-state index in [1.807, 2.05) is 0 Å². The first-order valence-electron chi connectivity index (χ1n) is 38.7. The summed E-state index contributed by atoms with van der Waals surface area (Å²) in [5.74, 6) is 7.95. The van der Waals surface area contributed by atoms with E-state index >= 15 is 0 Å². The zero-order valence-corrected chi connectivity index (χ0v) is 70.7. The molecule has 0 aromatic carbocycles. The van der Waals surface area contributed by atoms with Crippen molar-refractivity contribution in [1.29, 1.82) is 0 Å². The fourth-order valence-corrected chi connectivity index (χ4v) is 13.0. The molecule has 0 N–H and O–H groups in total. The summed E-state index contributed by atoms with van der Waals surface area (Å²) in [6.45, 7) is 83.3. The van der Waals surface area contributed by atoms with Gasteiger partial charge >= 0.3 is 0 Å². The SMILES string of the molecule is CC(C)(C)C1CC1.CC(C)(C)C1CCCC1.CC(C)(C)C1CCCCC1.CC(C)(C)C1CCCOC1.CC(C)(C)C1CCOCC1.CC(C)C(C)(C)C.CC1CCCC1C(C)(C)C.COCC(COC)C(C)(C)C.COCC1(C(C)(C)C)CC1.COCCC(C)(C)C. The van der Waals surface area contributed by atoms with Gasteiger partial charge in [-0.05, 0) is 197 Å². The van der Waals surface area contributed by atoms with Crippen LogP contribution >= 0.6 is 0 Å². The summed E-state index contributed by atoms with van der Waals surface area (Å²) in [6, 6.07) is 0. The summed E-state index contributed by atoms with van der Waals surface area (Å²) in [6.07, 6.45) is 29.6. The maximum atomic E-state index is 5.41. The van der Waals surface area contributed by atoms with Crippen molar-refractivity contribution in [3.8, 4) is 0 Å². The third kappa shape index (κ3) is 48.5. The van der Waals surface area contributed by atoms with E-state index < -0.39 is 0 Å². The topological polar surface area (TPSA) is 55.4 Å². The van der Waals surface area contributed by atoms with Gasteiger partial charge in [0.1, 0.15) is 0 Å². The Bertz CT molecular complexity index is 1610. The van der Waals surface area contributed by atoms with Crippen molar-refractivity contribution < 1.29 is 28.4 Å². The third-order valence-electron chi connectivity index (χ3n) is 22.6. The fraction of sp³-hybridized carbons (Fsp3) is 1.00. The van der Waals surface area contributed by atoms with Gasteiger partial charge in [0, 0.05) is 67.4 Å². The quantitative estimate of drug-likeness (QED) is 0.241. The molecule has 0 bridgehead atoms. The van der Waals surface area contributed by atoms with Crippen molar-refractivity contribution in [3.05, 3.63) is 0 Å². The Balaban J connectivity index is -0.000000959. The number of ether oxygens (including phenoxy) is 6. The highest BCUT2D eigenvalue weighted by atomic mass is 16.5. The van der Waals surface area contributed by atoms with Gasteiger partial charge in [-0.3, -0.25) is 0 Å². The molecule has 0 aromatic rings. The molecule has 2 heterocycles. The van der Waals surface area contributed by atoms with Gasteiger partial charge in [-0.1, -0.05) is 273 Å². The predicted octanol–water partition coefficient (Wildman–Crippen LogP) is 26.8. The van der Waals surface area contributed by atoms with Gasteiger partial charge in [-0.15, -0.1) is 0 Å². The van der Waals surface area contributed by atoms with E-state index in [0.717, 1.165) is 107 Å². The molecule has 6 heteroatoms. The van der Waals surface area contributed by atoms with E-state index in [2.05, 4.69) is 228 Å². The molecule has 7 aliphatic rings. The lowest BCUT2D eigenvalue weighted by Crippen LogP contribution is -2.29. The molecule has 92 heavy (non-hydrogen) atoms. The minimum Gasteiger partial charge on any atom is -0.385 e. The molecule has 0 radical (unpaired) electrons. The largest absolute Gasteiger partial charge is 0.385 e. The second kappa shape index (κ2) is 44.8. The Morgan fingerprint density at radius 3 is 0.913 bits per heavy atom. The van der Waals surface area contributed by atoms with E-state index in [1.165, 1.54) is 128 Å². The van der Waals surface area contributed by atoms with Crippen LogP contribution in [-0.2, 0) is 28.4 Å². The lowest BCUT2D eigenvalue weighted by molar-refractivity contribution is 0.0103. The fourth-order valence-electron chi connectivity index (χ4n) is 13.0. The Kier molecular flexibility index (Phi) is 46.7. The highest BCUT2D eigenvalue weighted by Gasteiger charge is 2.51.